The average Bonchev–Trinajstić information content (AvgIpc) is 2.87. The van der Waals surface area contributed by atoms with Crippen LogP contribution in [0.2, 0.25) is 0 Å². The fourth-order valence-electron chi connectivity index (χ4n) is 2.47. The van der Waals surface area contributed by atoms with Crippen molar-refractivity contribution in [3.05, 3.63) is 30.0 Å². The summed E-state index contributed by atoms with van der Waals surface area (Å²) in [7, 11) is 0. The SMILES string of the molecule is CCCNC(c1cc2cc(OCCC)ccc2o1)C(C)C. The van der Waals surface area contributed by atoms with Gasteiger partial charge in [0.25, 0.3) is 0 Å². The number of nitrogens with one attached hydrogen (secondary N) is 1. The zero-order chi connectivity index (χ0) is 15.2. The lowest BCUT2D eigenvalue weighted by Gasteiger charge is -2.19. The molecule has 0 radical (unpaired) electrons. The first-order valence-corrected chi connectivity index (χ1v) is 8.05. The zero-order valence-electron chi connectivity index (χ0n) is 13.6. The maximum atomic E-state index is 6.03. The minimum absolute atomic E-state index is 0.261. The fraction of sp³-hybridized carbons (Fsp3) is 0.556. The van der Waals surface area contributed by atoms with E-state index >= 15 is 0 Å². The van der Waals surface area contributed by atoms with Gasteiger partial charge < -0.3 is 14.5 Å². The highest BCUT2D eigenvalue weighted by Gasteiger charge is 2.19. The van der Waals surface area contributed by atoms with Crippen LogP contribution in [0, 0.1) is 5.92 Å². The van der Waals surface area contributed by atoms with Gasteiger partial charge in [0.15, 0.2) is 0 Å². The van der Waals surface area contributed by atoms with E-state index < -0.39 is 0 Å². The zero-order valence-corrected chi connectivity index (χ0v) is 13.6. The number of hydrogen-bond acceptors (Lipinski definition) is 3. The van der Waals surface area contributed by atoms with E-state index in [-0.39, 0.29) is 6.04 Å². The van der Waals surface area contributed by atoms with Crippen LogP contribution in [0.3, 0.4) is 0 Å². The first-order chi connectivity index (χ1) is 10.2. The van der Waals surface area contributed by atoms with E-state index in [4.69, 9.17) is 9.15 Å². The van der Waals surface area contributed by atoms with Gasteiger partial charge in [-0.1, -0.05) is 27.7 Å². The van der Waals surface area contributed by atoms with Crippen molar-refractivity contribution < 1.29 is 9.15 Å². The maximum Gasteiger partial charge on any atom is 0.134 e. The highest BCUT2D eigenvalue weighted by atomic mass is 16.5. The summed E-state index contributed by atoms with van der Waals surface area (Å²) < 4.78 is 11.7. The molecule has 0 saturated heterocycles. The largest absolute Gasteiger partial charge is 0.494 e. The predicted molar refractivity (Wildman–Crippen MR) is 87.9 cm³/mol. The van der Waals surface area contributed by atoms with Gasteiger partial charge in [0.1, 0.15) is 17.1 Å². The monoisotopic (exact) mass is 289 g/mol. The van der Waals surface area contributed by atoms with Crippen LogP contribution in [0.15, 0.2) is 28.7 Å². The van der Waals surface area contributed by atoms with Crippen molar-refractivity contribution in [2.45, 2.75) is 46.6 Å². The topological polar surface area (TPSA) is 34.4 Å². The van der Waals surface area contributed by atoms with E-state index in [0.717, 1.165) is 48.5 Å². The molecule has 1 heterocycles. The fourth-order valence-corrected chi connectivity index (χ4v) is 2.47. The van der Waals surface area contributed by atoms with Crippen molar-refractivity contribution in [2.24, 2.45) is 5.92 Å². The van der Waals surface area contributed by atoms with Crippen LogP contribution in [0.5, 0.6) is 5.75 Å². The Kier molecular flexibility index (Phi) is 5.68. The lowest BCUT2D eigenvalue weighted by atomic mass is 10.0. The molecule has 0 amide bonds. The van der Waals surface area contributed by atoms with Gasteiger partial charge in [0.05, 0.1) is 12.6 Å². The molecule has 0 bridgehead atoms. The molecule has 1 aromatic carbocycles. The van der Waals surface area contributed by atoms with Crippen molar-refractivity contribution in [3.8, 4) is 5.75 Å². The summed E-state index contributed by atoms with van der Waals surface area (Å²) in [5.74, 6) is 2.42. The molecule has 0 aliphatic carbocycles. The van der Waals surface area contributed by atoms with Crippen LogP contribution >= 0.6 is 0 Å². The molecule has 3 nitrogen and oxygen atoms in total. The smallest absolute Gasteiger partial charge is 0.134 e. The van der Waals surface area contributed by atoms with E-state index in [1.165, 1.54) is 0 Å². The van der Waals surface area contributed by atoms with Crippen LogP contribution < -0.4 is 10.1 Å². The normalized spacial score (nSPS) is 13.0. The number of rotatable bonds is 8. The third kappa shape index (κ3) is 4.01. The second-order valence-electron chi connectivity index (χ2n) is 5.87. The number of hydrogen-bond donors (Lipinski definition) is 1. The molecule has 0 spiro atoms. The van der Waals surface area contributed by atoms with Gasteiger partial charge in [0, 0.05) is 5.39 Å². The minimum Gasteiger partial charge on any atom is -0.494 e. The van der Waals surface area contributed by atoms with Crippen LogP contribution in [-0.4, -0.2) is 13.2 Å². The number of ether oxygens (including phenoxy) is 1. The molecule has 0 aliphatic heterocycles. The molecule has 2 rings (SSSR count). The number of fused-ring (bicyclic) bond motifs is 1. The molecule has 0 fully saturated rings. The Morgan fingerprint density at radius 3 is 2.62 bits per heavy atom. The third-order valence-corrected chi connectivity index (χ3v) is 3.57. The average molecular weight is 289 g/mol. The van der Waals surface area contributed by atoms with Crippen molar-refractivity contribution in [3.63, 3.8) is 0 Å². The van der Waals surface area contributed by atoms with E-state index in [1.807, 2.05) is 12.1 Å². The van der Waals surface area contributed by atoms with Crippen LogP contribution in [0.4, 0.5) is 0 Å². The van der Waals surface area contributed by atoms with Crippen molar-refractivity contribution >= 4 is 11.0 Å². The van der Waals surface area contributed by atoms with Gasteiger partial charge in [-0.2, -0.15) is 0 Å². The molecule has 1 unspecified atom stereocenters. The van der Waals surface area contributed by atoms with E-state index in [1.54, 1.807) is 0 Å². The summed E-state index contributed by atoms with van der Waals surface area (Å²) in [5.41, 5.74) is 0.929. The lowest BCUT2D eigenvalue weighted by molar-refractivity contribution is 0.317. The van der Waals surface area contributed by atoms with E-state index in [0.29, 0.717) is 5.92 Å². The van der Waals surface area contributed by atoms with Crippen LogP contribution in [0.1, 0.15) is 52.3 Å². The van der Waals surface area contributed by atoms with Gasteiger partial charge in [0.2, 0.25) is 0 Å². The Balaban J connectivity index is 2.23. The second-order valence-corrected chi connectivity index (χ2v) is 5.87. The van der Waals surface area contributed by atoms with Crippen molar-refractivity contribution in [2.75, 3.05) is 13.2 Å². The quantitative estimate of drug-likeness (QED) is 0.749. The van der Waals surface area contributed by atoms with Gasteiger partial charge in [-0.3, -0.25) is 0 Å². The summed E-state index contributed by atoms with van der Waals surface area (Å²) in [4.78, 5) is 0. The Labute approximate surface area is 127 Å². The summed E-state index contributed by atoms with van der Waals surface area (Å²) in [6.45, 7) is 10.5. The Hall–Kier alpha value is -1.48. The predicted octanol–water partition coefficient (Wildman–Crippen LogP) is 4.92. The third-order valence-electron chi connectivity index (χ3n) is 3.57. The molecule has 1 N–H and O–H groups in total. The summed E-state index contributed by atoms with van der Waals surface area (Å²) in [6, 6.07) is 8.45. The molecule has 2 aromatic rings. The summed E-state index contributed by atoms with van der Waals surface area (Å²) >= 11 is 0. The van der Waals surface area contributed by atoms with Crippen LogP contribution in [-0.2, 0) is 0 Å². The Morgan fingerprint density at radius 1 is 1.14 bits per heavy atom. The standard InChI is InChI=1S/C18H27NO2/c1-5-9-19-18(13(3)4)17-12-14-11-15(20-10-6-2)7-8-16(14)21-17/h7-8,11-13,18-19H,5-6,9-10H2,1-4H3. The molecule has 1 atom stereocenters. The molecule has 1 aromatic heterocycles. The molecule has 21 heavy (non-hydrogen) atoms. The summed E-state index contributed by atoms with van der Waals surface area (Å²) in [5, 5.41) is 4.68. The van der Waals surface area contributed by atoms with Gasteiger partial charge in [-0.15, -0.1) is 0 Å². The van der Waals surface area contributed by atoms with E-state index in [9.17, 15) is 0 Å². The van der Waals surface area contributed by atoms with Crippen molar-refractivity contribution in [1.29, 1.82) is 0 Å². The maximum absolute atomic E-state index is 6.03. The van der Waals surface area contributed by atoms with Gasteiger partial charge in [-0.05, 0) is 49.6 Å². The van der Waals surface area contributed by atoms with Crippen molar-refractivity contribution in [1.82, 2.24) is 5.32 Å². The highest BCUT2D eigenvalue weighted by Crippen LogP contribution is 2.30. The lowest BCUT2D eigenvalue weighted by Crippen LogP contribution is -2.25. The molecular formula is C18H27NO2. The van der Waals surface area contributed by atoms with E-state index in [2.05, 4.69) is 45.1 Å². The van der Waals surface area contributed by atoms with Gasteiger partial charge >= 0.3 is 0 Å². The van der Waals surface area contributed by atoms with Crippen LogP contribution in [0.25, 0.3) is 11.0 Å². The first-order valence-electron chi connectivity index (χ1n) is 8.05. The van der Waals surface area contributed by atoms with Gasteiger partial charge in [-0.25, -0.2) is 0 Å². The Morgan fingerprint density at radius 2 is 1.95 bits per heavy atom. The number of benzene rings is 1. The Bertz CT molecular complexity index is 559. The second kappa shape index (κ2) is 7.51. The highest BCUT2D eigenvalue weighted by molar-refractivity contribution is 5.79. The molecule has 0 aliphatic rings. The molecule has 0 saturated carbocycles. The molecule has 116 valence electrons. The minimum atomic E-state index is 0.261. The molecular weight excluding hydrogens is 262 g/mol. The molecule has 3 heteroatoms. The first kappa shape index (κ1) is 15.9. The number of furan rings is 1. The summed E-state index contributed by atoms with van der Waals surface area (Å²) in [6.07, 6.45) is 2.14.